The number of nitrogens with zero attached hydrogens (tertiary/aromatic N) is 1. The number of fused-ring (bicyclic) bond motifs is 1. The number of primary amides is 1. The molecule has 6 heteroatoms. The van der Waals surface area contributed by atoms with Crippen LogP contribution in [0.3, 0.4) is 0 Å². The lowest BCUT2D eigenvalue weighted by atomic mass is 10.1. The van der Waals surface area contributed by atoms with Crippen LogP contribution >= 0.6 is 0 Å². The van der Waals surface area contributed by atoms with Crippen molar-refractivity contribution in [3.63, 3.8) is 0 Å². The van der Waals surface area contributed by atoms with Crippen LogP contribution in [0.1, 0.15) is 16.7 Å². The number of carbonyl (C=O) groups is 1. The first-order chi connectivity index (χ1) is 13.6. The zero-order valence-corrected chi connectivity index (χ0v) is 15.6. The van der Waals surface area contributed by atoms with Crippen LogP contribution in [0.5, 0.6) is 0 Å². The fourth-order valence-electron chi connectivity index (χ4n) is 3.29. The average molecular weight is 379 g/mol. The molecule has 28 heavy (non-hydrogen) atoms. The predicted octanol–water partition coefficient (Wildman–Crippen LogP) is 2.59. The molecule has 0 aliphatic heterocycles. The molecule has 0 spiro atoms. The van der Waals surface area contributed by atoms with Gasteiger partial charge in [0, 0.05) is 48.4 Å². The molecule has 2 aromatic carbocycles. The van der Waals surface area contributed by atoms with Crippen molar-refractivity contribution in [3.05, 3.63) is 77.5 Å². The van der Waals surface area contributed by atoms with Crippen LogP contribution in [0.15, 0.2) is 60.8 Å². The number of hydrogen-bond acceptors (Lipinski definition) is 4. The van der Waals surface area contributed by atoms with Crippen LogP contribution in [0.2, 0.25) is 0 Å². The molecule has 0 aliphatic rings. The number of amides is 1. The van der Waals surface area contributed by atoms with Crippen molar-refractivity contribution >= 4 is 22.6 Å². The number of hydrogen-bond donors (Lipinski definition) is 4. The topological polar surface area (TPSA) is 103 Å². The minimum absolute atomic E-state index is 0.0914. The van der Waals surface area contributed by atoms with E-state index in [1.54, 1.807) is 12.1 Å². The molecular formula is C22H25N3O3. The van der Waals surface area contributed by atoms with Gasteiger partial charge in [-0.15, -0.1) is 0 Å². The lowest BCUT2D eigenvalue weighted by Gasteiger charge is -2.21. The highest BCUT2D eigenvalue weighted by Gasteiger charge is 2.09. The highest BCUT2D eigenvalue weighted by molar-refractivity contribution is 5.92. The van der Waals surface area contributed by atoms with Gasteiger partial charge in [-0.25, -0.2) is 0 Å². The number of carbonyl (C=O) groups excluding carboxylic acids is 1. The van der Waals surface area contributed by atoms with E-state index in [1.165, 1.54) is 10.9 Å². The molecule has 0 bridgehead atoms. The van der Waals surface area contributed by atoms with Crippen molar-refractivity contribution in [3.8, 4) is 0 Å². The van der Waals surface area contributed by atoms with Crippen molar-refractivity contribution < 1.29 is 15.0 Å². The van der Waals surface area contributed by atoms with Crippen LogP contribution in [0.4, 0.5) is 0 Å². The van der Waals surface area contributed by atoms with E-state index in [1.807, 2.05) is 30.5 Å². The molecule has 0 saturated carbocycles. The second kappa shape index (κ2) is 9.21. The molecule has 0 aliphatic carbocycles. The maximum absolute atomic E-state index is 10.9. The molecule has 0 fully saturated rings. The largest absolute Gasteiger partial charge is 0.507 e. The van der Waals surface area contributed by atoms with E-state index in [0.29, 0.717) is 18.7 Å². The molecule has 0 atom stereocenters. The molecule has 3 rings (SSSR count). The Hall–Kier alpha value is -3.09. The molecule has 6 nitrogen and oxygen atoms in total. The molecule has 5 N–H and O–H groups in total. The van der Waals surface area contributed by atoms with Gasteiger partial charge in [0.25, 0.3) is 0 Å². The van der Waals surface area contributed by atoms with Crippen LogP contribution in [0.25, 0.3) is 16.7 Å². The van der Waals surface area contributed by atoms with E-state index in [2.05, 4.69) is 22.0 Å². The standard InChI is InChI=1S/C22H25N3O3/c23-22(28)13-21(27)17-7-5-16(6-8-17)15-25(11-12-26)10-9-18-14-24-20-4-2-1-3-19(18)20/h1-8,13-14,24,26-27H,9-12,15H2,(H2,23,28)/b21-13+. The summed E-state index contributed by atoms with van der Waals surface area (Å²) in [5, 5.41) is 20.5. The third kappa shape index (κ3) is 5.00. The Kier molecular flexibility index (Phi) is 6.47. The van der Waals surface area contributed by atoms with E-state index < -0.39 is 5.91 Å². The summed E-state index contributed by atoms with van der Waals surface area (Å²) in [5.41, 5.74) is 9.05. The number of nitrogens with one attached hydrogen (secondary N) is 1. The zero-order valence-electron chi connectivity index (χ0n) is 15.6. The van der Waals surface area contributed by atoms with Crippen molar-refractivity contribution in [2.24, 2.45) is 5.73 Å². The maximum Gasteiger partial charge on any atom is 0.245 e. The Morgan fingerprint density at radius 3 is 2.57 bits per heavy atom. The van der Waals surface area contributed by atoms with Gasteiger partial charge in [0.2, 0.25) is 5.91 Å². The molecule has 0 unspecified atom stereocenters. The quantitative estimate of drug-likeness (QED) is 0.339. The van der Waals surface area contributed by atoms with Crippen molar-refractivity contribution in [1.29, 1.82) is 0 Å². The van der Waals surface area contributed by atoms with Crippen molar-refractivity contribution in [2.75, 3.05) is 19.7 Å². The number of benzene rings is 2. The minimum atomic E-state index is -0.687. The number of aliphatic hydroxyl groups is 2. The maximum atomic E-state index is 10.9. The van der Waals surface area contributed by atoms with Crippen molar-refractivity contribution in [2.45, 2.75) is 13.0 Å². The second-order valence-electron chi connectivity index (χ2n) is 6.74. The predicted molar refractivity (Wildman–Crippen MR) is 111 cm³/mol. The summed E-state index contributed by atoms with van der Waals surface area (Å²) in [5.74, 6) is -0.835. The second-order valence-corrected chi connectivity index (χ2v) is 6.74. The summed E-state index contributed by atoms with van der Waals surface area (Å²) in [6.45, 7) is 2.17. The first kappa shape index (κ1) is 19.7. The van der Waals surface area contributed by atoms with Crippen LogP contribution in [-0.4, -0.2) is 45.7 Å². The Labute approximate surface area is 163 Å². The summed E-state index contributed by atoms with van der Waals surface area (Å²) < 4.78 is 0. The smallest absolute Gasteiger partial charge is 0.245 e. The zero-order chi connectivity index (χ0) is 19.9. The molecule has 1 aromatic heterocycles. The number of aliphatic hydroxyl groups excluding tert-OH is 2. The van der Waals surface area contributed by atoms with Gasteiger partial charge in [-0.05, 0) is 23.6 Å². The van der Waals surface area contributed by atoms with Gasteiger partial charge >= 0.3 is 0 Å². The molecule has 1 heterocycles. The third-order valence-electron chi connectivity index (χ3n) is 4.72. The van der Waals surface area contributed by atoms with Gasteiger partial charge in [-0.3, -0.25) is 9.69 Å². The Morgan fingerprint density at radius 1 is 1.11 bits per heavy atom. The number of rotatable bonds is 9. The van der Waals surface area contributed by atoms with Gasteiger partial charge in [0.15, 0.2) is 0 Å². The van der Waals surface area contributed by atoms with Crippen molar-refractivity contribution in [1.82, 2.24) is 9.88 Å². The lowest BCUT2D eigenvalue weighted by Crippen LogP contribution is -2.28. The summed E-state index contributed by atoms with van der Waals surface area (Å²) in [6, 6.07) is 15.5. The van der Waals surface area contributed by atoms with Gasteiger partial charge < -0.3 is 20.9 Å². The summed E-state index contributed by atoms with van der Waals surface area (Å²) in [4.78, 5) is 16.4. The highest BCUT2D eigenvalue weighted by Crippen LogP contribution is 2.19. The lowest BCUT2D eigenvalue weighted by molar-refractivity contribution is -0.113. The SMILES string of the molecule is NC(=O)/C=C(/O)c1ccc(CN(CCO)CCc2c[nH]c3ccccc23)cc1. The highest BCUT2D eigenvalue weighted by atomic mass is 16.3. The van der Waals surface area contributed by atoms with E-state index in [9.17, 15) is 15.0 Å². The first-order valence-corrected chi connectivity index (χ1v) is 9.24. The molecule has 3 aromatic rings. The Balaban J connectivity index is 1.65. The summed E-state index contributed by atoms with van der Waals surface area (Å²) in [7, 11) is 0. The van der Waals surface area contributed by atoms with Gasteiger partial charge in [-0.1, -0.05) is 42.5 Å². The van der Waals surface area contributed by atoms with E-state index >= 15 is 0 Å². The van der Waals surface area contributed by atoms with E-state index in [4.69, 9.17) is 5.73 Å². The fraction of sp³-hybridized carbons (Fsp3) is 0.227. The molecular weight excluding hydrogens is 354 g/mol. The average Bonchev–Trinajstić information content (AvgIpc) is 3.09. The van der Waals surface area contributed by atoms with E-state index in [-0.39, 0.29) is 12.4 Å². The Bertz CT molecular complexity index is 961. The number of H-pyrrole nitrogens is 1. The third-order valence-corrected chi connectivity index (χ3v) is 4.72. The summed E-state index contributed by atoms with van der Waals surface area (Å²) >= 11 is 0. The van der Waals surface area contributed by atoms with Crippen LogP contribution < -0.4 is 5.73 Å². The van der Waals surface area contributed by atoms with Crippen LogP contribution in [0, 0.1) is 0 Å². The monoisotopic (exact) mass is 379 g/mol. The molecule has 0 saturated heterocycles. The van der Waals surface area contributed by atoms with Crippen LogP contribution in [-0.2, 0) is 17.8 Å². The van der Waals surface area contributed by atoms with Gasteiger partial charge in [0.1, 0.15) is 5.76 Å². The number of aromatic amines is 1. The normalized spacial score (nSPS) is 12.0. The van der Waals surface area contributed by atoms with Gasteiger partial charge in [0.05, 0.1) is 6.61 Å². The molecule has 0 radical (unpaired) electrons. The first-order valence-electron chi connectivity index (χ1n) is 9.24. The number of aromatic nitrogens is 1. The van der Waals surface area contributed by atoms with Gasteiger partial charge in [-0.2, -0.15) is 0 Å². The number of para-hydroxylation sites is 1. The minimum Gasteiger partial charge on any atom is -0.507 e. The fourth-order valence-corrected chi connectivity index (χ4v) is 3.29. The Morgan fingerprint density at radius 2 is 1.86 bits per heavy atom. The van der Waals surface area contributed by atoms with E-state index in [0.717, 1.165) is 30.1 Å². The number of nitrogens with two attached hydrogens (primary N) is 1. The summed E-state index contributed by atoms with van der Waals surface area (Å²) in [6.07, 6.45) is 3.92. The molecule has 146 valence electrons. The molecule has 1 amide bonds.